The first-order valence-electron chi connectivity index (χ1n) is 28.0. The monoisotopic (exact) mass is 1240 g/mol. The second-order valence-electron chi connectivity index (χ2n) is 23.1. The summed E-state index contributed by atoms with van der Waals surface area (Å²) in [6.45, 7) is 16.9. The minimum Gasteiger partial charge on any atom is -0.444 e. The number of carbonyl (C=O) groups excluding carboxylic acids is 4. The number of piperazine rings is 2. The van der Waals surface area contributed by atoms with Gasteiger partial charge >= 0.3 is 12.2 Å². The number of halogens is 4. The van der Waals surface area contributed by atoms with Gasteiger partial charge in [0.25, 0.3) is 0 Å². The molecule has 4 amide bonds. The highest BCUT2D eigenvalue weighted by molar-refractivity contribution is 7.99. The zero-order chi connectivity index (χ0) is 58.7. The van der Waals surface area contributed by atoms with Crippen molar-refractivity contribution in [2.75, 3.05) is 97.4 Å². The van der Waals surface area contributed by atoms with Gasteiger partial charge in [-0.3, -0.25) is 19.4 Å². The third-order valence-corrected chi connectivity index (χ3v) is 19.1. The van der Waals surface area contributed by atoms with Gasteiger partial charge in [-0.1, -0.05) is 58.5 Å². The Morgan fingerprint density at radius 1 is 0.598 bits per heavy atom. The largest absolute Gasteiger partial charge is 0.444 e. The van der Waals surface area contributed by atoms with Crippen LogP contribution < -0.4 is 20.4 Å². The number of rotatable bonds is 10. The molecule has 0 spiro atoms. The first-order chi connectivity index (χ1) is 38.9. The molecule has 82 heavy (non-hydrogen) atoms. The van der Waals surface area contributed by atoms with E-state index in [1.165, 1.54) is 4.90 Å². The number of likely N-dealkylation sites (tertiary alicyclic amines) is 2. The van der Waals surface area contributed by atoms with E-state index in [0.29, 0.717) is 135 Å². The van der Waals surface area contributed by atoms with Gasteiger partial charge < -0.3 is 39.7 Å². The number of sulfone groups is 1. The van der Waals surface area contributed by atoms with Crippen LogP contribution in [0.5, 0.6) is 0 Å². The second kappa shape index (κ2) is 25.9. The predicted molar refractivity (Wildman–Crippen MR) is 321 cm³/mol. The van der Waals surface area contributed by atoms with E-state index in [0.717, 1.165) is 59.0 Å². The minimum atomic E-state index is -3.55. The molecule has 8 heterocycles. The maximum atomic E-state index is 13.4. The van der Waals surface area contributed by atoms with E-state index < -0.39 is 45.3 Å². The van der Waals surface area contributed by atoms with Crippen molar-refractivity contribution >= 4 is 116 Å². The summed E-state index contributed by atoms with van der Waals surface area (Å²) in [5.74, 6) is 3.14. The van der Waals surface area contributed by atoms with Gasteiger partial charge in [0.05, 0.1) is 22.0 Å². The van der Waals surface area contributed by atoms with Gasteiger partial charge in [0.1, 0.15) is 34.0 Å². The van der Waals surface area contributed by atoms with Crippen molar-refractivity contribution in [2.45, 2.75) is 139 Å². The molecule has 20 nitrogen and oxygen atoms in total. The van der Waals surface area contributed by atoms with E-state index in [9.17, 15) is 27.6 Å². The zero-order valence-electron chi connectivity index (χ0n) is 47.2. The smallest absolute Gasteiger partial charge is 0.410 e. The molecule has 0 saturated carbocycles. The molecule has 4 fully saturated rings. The van der Waals surface area contributed by atoms with E-state index in [4.69, 9.17) is 65.8 Å². The molecule has 2 N–H and O–H groups in total. The number of benzene rings is 2. The molecule has 4 aromatic rings. The highest BCUT2D eigenvalue weighted by atomic mass is 35.5. The standard InChI is InChI=1S/C28H36Cl2N6O5S.C28H36Cl2N6O3S/c1-28(2,3)41-27(38)36-10-4-7-22(36)25(37)34-11-13-35(14-12-34)26-32-21-6-5-15-42(39,40)23(21)24(33-26)31-17-18-8-9-19(29)16-20(18)30;1-28(2,3)39-27(38)36-10-4-7-22(36)25(37)34-11-13-35(14-12-34)26-32-21-6-5-15-40-23(21)24(33-26)31-17-18-8-9-19(29)16-20(18)30/h8-9,16,22H,4-7,10-15,17H2,1-3H3,(H,31,32,33);8-9,16,22H,4-7,10-15,17H2,1-3H3,(H,31,32,33)/t2*22-/m11/s1. The van der Waals surface area contributed by atoms with E-state index >= 15 is 0 Å². The molecule has 4 saturated heterocycles. The number of nitrogens with one attached hydrogen (secondary N) is 2. The summed E-state index contributed by atoms with van der Waals surface area (Å²) < 4.78 is 37.2. The summed E-state index contributed by atoms with van der Waals surface area (Å²) in [5, 5.41) is 8.86. The maximum absolute atomic E-state index is 13.4. The average Bonchev–Trinajstić information content (AvgIpc) is 4.27. The summed E-state index contributed by atoms with van der Waals surface area (Å²) in [4.78, 5) is 83.6. The van der Waals surface area contributed by atoms with Crippen LogP contribution in [0.15, 0.2) is 46.2 Å². The Morgan fingerprint density at radius 3 is 1.52 bits per heavy atom. The van der Waals surface area contributed by atoms with E-state index in [1.807, 2.05) is 63.5 Å². The fourth-order valence-electron chi connectivity index (χ4n) is 10.7. The van der Waals surface area contributed by atoms with Crippen molar-refractivity contribution < 1.29 is 37.1 Å². The van der Waals surface area contributed by atoms with Crippen LogP contribution in [0.4, 0.5) is 33.1 Å². The topological polar surface area (TPSA) is 216 Å². The van der Waals surface area contributed by atoms with Crippen LogP contribution in [0.25, 0.3) is 0 Å². The summed E-state index contributed by atoms with van der Waals surface area (Å²) >= 11 is 26.6. The molecule has 0 aliphatic carbocycles. The van der Waals surface area contributed by atoms with Crippen LogP contribution in [0.1, 0.15) is 103 Å². The fraction of sp³-hybridized carbons (Fsp3) is 0.571. The van der Waals surface area contributed by atoms with E-state index in [-0.39, 0.29) is 34.8 Å². The van der Waals surface area contributed by atoms with Crippen LogP contribution in [0.2, 0.25) is 20.1 Å². The summed E-state index contributed by atoms with van der Waals surface area (Å²) in [6, 6.07) is 9.64. The van der Waals surface area contributed by atoms with Gasteiger partial charge in [-0.05, 0) is 134 Å². The fourth-order valence-corrected chi connectivity index (χ4v) is 14.4. The lowest BCUT2D eigenvalue weighted by Gasteiger charge is -2.37. The lowest BCUT2D eigenvalue weighted by molar-refractivity contribution is -0.136. The lowest BCUT2D eigenvalue weighted by Crippen LogP contribution is -2.55. The van der Waals surface area contributed by atoms with Crippen molar-refractivity contribution in [1.29, 1.82) is 0 Å². The summed E-state index contributed by atoms with van der Waals surface area (Å²) in [5.41, 5.74) is 2.02. The molecule has 26 heteroatoms. The van der Waals surface area contributed by atoms with Gasteiger partial charge in [0.15, 0.2) is 15.7 Å². The molecule has 0 bridgehead atoms. The number of nitrogens with zero attached hydrogens (tertiary/aromatic N) is 10. The Kier molecular flexibility index (Phi) is 19.4. The molecule has 6 aliphatic heterocycles. The molecular formula is C56H72Cl4N12O8S2. The third kappa shape index (κ3) is 15.0. The molecule has 10 rings (SSSR count). The Balaban J connectivity index is 0.000000198. The molecule has 2 aromatic heterocycles. The van der Waals surface area contributed by atoms with Gasteiger partial charge in [-0.2, -0.15) is 9.97 Å². The van der Waals surface area contributed by atoms with Gasteiger partial charge in [0.2, 0.25) is 23.7 Å². The predicted octanol–water partition coefficient (Wildman–Crippen LogP) is 9.65. The zero-order valence-corrected chi connectivity index (χ0v) is 51.9. The summed E-state index contributed by atoms with van der Waals surface area (Å²) in [6.07, 6.45) is 4.95. The molecule has 6 aliphatic rings. The van der Waals surface area contributed by atoms with Crippen molar-refractivity contribution in [3.8, 4) is 0 Å². The number of amides is 4. The van der Waals surface area contributed by atoms with E-state index in [1.54, 1.807) is 45.8 Å². The number of carbonyl (C=O) groups is 4. The number of ether oxygens (including phenoxy) is 2. The normalized spacial score (nSPS) is 19.9. The molecular weight excluding hydrogens is 1170 g/mol. The SMILES string of the molecule is CC(C)(C)OC(=O)N1CCC[C@@H]1C(=O)N1CCN(c2nc3c(c(NCc4ccc(Cl)cc4Cl)n2)S(=O)(=O)CCC3)CC1.CC(C)(C)OC(=O)N1CCC[C@@H]1C(=O)N1CCN(c2nc3c(c(NCc4ccc(Cl)cc4Cl)n2)SCCC3)CC1. The number of thioether (sulfide) groups is 1. The first-order valence-corrected chi connectivity index (χ1v) is 32.2. The maximum Gasteiger partial charge on any atom is 0.410 e. The number of anilines is 4. The lowest BCUT2D eigenvalue weighted by atomic mass is 10.1. The van der Waals surface area contributed by atoms with Crippen molar-refractivity contribution in [3.63, 3.8) is 0 Å². The number of hydrogen-bond acceptors (Lipinski definition) is 17. The highest BCUT2D eigenvalue weighted by Crippen LogP contribution is 2.37. The molecule has 444 valence electrons. The average molecular weight is 1250 g/mol. The number of aryl methyl sites for hydroxylation is 2. The number of hydrogen-bond donors (Lipinski definition) is 2. The van der Waals surface area contributed by atoms with Crippen LogP contribution >= 0.6 is 58.2 Å². The quantitative estimate of drug-likeness (QED) is 0.151. The van der Waals surface area contributed by atoms with Crippen LogP contribution in [-0.2, 0) is 54.8 Å². The second-order valence-corrected chi connectivity index (χ2v) is 28.0. The Labute approximate surface area is 504 Å². The Morgan fingerprint density at radius 2 is 1.05 bits per heavy atom. The molecule has 2 aromatic carbocycles. The molecule has 0 radical (unpaired) electrons. The van der Waals surface area contributed by atoms with Gasteiger partial charge in [0, 0.05) is 98.6 Å². The van der Waals surface area contributed by atoms with Crippen molar-refractivity contribution in [3.05, 3.63) is 79.0 Å². The molecule has 0 unspecified atom stereocenters. The van der Waals surface area contributed by atoms with Crippen LogP contribution in [0.3, 0.4) is 0 Å². The Bertz CT molecular complexity index is 3150. The van der Waals surface area contributed by atoms with Crippen LogP contribution in [0, 0.1) is 0 Å². The Hall–Kier alpha value is -5.26. The summed E-state index contributed by atoms with van der Waals surface area (Å²) in [7, 11) is -3.55. The van der Waals surface area contributed by atoms with Gasteiger partial charge in [-0.15, -0.1) is 11.8 Å². The number of fused-ring (bicyclic) bond motifs is 2. The minimum absolute atomic E-state index is 0.00651. The molecule has 2 atom stereocenters. The van der Waals surface area contributed by atoms with E-state index in [2.05, 4.69) is 25.5 Å². The van der Waals surface area contributed by atoms with Crippen molar-refractivity contribution in [2.24, 2.45) is 0 Å². The number of aromatic nitrogens is 4. The highest BCUT2D eigenvalue weighted by Gasteiger charge is 2.42. The van der Waals surface area contributed by atoms with Gasteiger partial charge in [-0.25, -0.2) is 28.0 Å². The van der Waals surface area contributed by atoms with Crippen LogP contribution in [-0.4, -0.2) is 172 Å². The third-order valence-electron chi connectivity index (χ3n) is 14.8. The first kappa shape index (κ1) is 61.3. The van der Waals surface area contributed by atoms with Crippen molar-refractivity contribution in [1.82, 2.24) is 39.5 Å².